The molecule has 72 heavy (non-hydrogen) atoms. The molecule has 2 atom stereocenters. The molecule has 11 nitrogen and oxygen atoms in total. The average molecular weight is 1000 g/mol. The second-order valence-electron chi connectivity index (χ2n) is 16.7. The Labute approximate surface area is 445 Å². The van der Waals surface area contributed by atoms with Gasteiger partial charge in [-0.05, 0) is 28.8 Å². The standard InChI is InChI=1S/C57H44FN5O6S2.Na/c58-45-32-19-33-46(34-45)68-35-38-36-70-53-49(52(65)63(53)50(38)54(66)67)60-51(64)48(62-69-57(42-26-13-4-14-27-42,43-28-15-5-16-29-43)44-30-17-6-18-31-44)47-37-71-55(59-47)61-56(39-20-7-1-8-21-39,40-22-9-2-10-23-40)41-24-11-3-12-25-41;/h1-34,37,49,53H,35-36H2,(H,59,61)(H,60,64)(H,66,67);/q;+1/p-1/t49?,53-;/m0./s1. The number of benzene rings is 7. The maximum Gasteiger partial charge on any atom is 1.00 e. The summed E-state index contributed by atoms with van der Waals surface area (Å²) in [5.41, 5.74) is 2.46. The number of hydrogen-bond acceptors (Lipinski definition) is 11. The third-order valence-electron chi connectivity index (χ3n) is 12.4. The van der Waals surface area contributed by atoms with E-state index in [2.05, 4.69) is 47.0 Å². The van der Waals surface area contributed by atoms with Gasteiger partial charge in [-0.2, -0.15) is 0 Å². The summed E-state index contributed by atoms with van der Waals surface area (Å²) in [6.45, 7) is -0.228. The first-order chi connectivity index (χ1) is 34.8. The van der Waals surface area contributed by atoms with Gasteiger partial charge in [-0.25, -0.2) is 9.37 Å². The molecule has 2 amide bonds. The smallest absolute Gasteiger partial charge is 0.543 e. The Morgan fingerprint density at radius 1 is 0.708 bits per heavy atom. The summed E-state index contributed by atoms with van der Waals surface area (Å²) < 4.78 is 19.6. The molecule has 1 saturated heterocycles. The van der Waals surface area contributed by atoms with Crippen molar-refractivity contribution in [3.63, 3.8) is 0 Å². The number of halogens is 1. The number of rotatable bonds is 17. The van der Waals surface area contributed by atoms with Crippen molar-refractivity contribution < 1.29 is 63.0 Å². The third kappa shape index (κ3) is 9.71. The molecule has 0 saturated carbocycles. The molecule has 352 valence electrons. The van der Waals surface area contributed by atoms with Crippen molar-refractivity contribution in [3.8, 4) is 5.75 Å². The van der Waals surface area contributed by atoms with Crippen LogP contribution in [0.1, 0.15) is 39.1 Å². The Morgan fingerprint density at radius 2 is 1.19 bits per heavy atom. The molecule has 8 aromatic rings. The molecule has 0 aliphatic carbocycles. The van der Waals surface area contributed by atoms with Crippen molar-refractivity contribution in [2.45, 2.75) is 22.6 Å². The predicted molar refractivity (Wildman–Crippen MR) is 271 cm³/mol. The van der Waals surface area contributed by atoms with Gasteiger partial charge in [0.1, 0.15) is 40.8 Å². The number of carboxylic acids is 1. The number of hydrogen-bond donors (Lipinski definition) is 2. The molecule has 2 aliphatic heterocycles. The number of carboxylic acid groups (broad SMARTS) is 1. The summed E-state index contributed by atoms with van der Waals surface area (Å²) >= 11 is 2.51. The fraction of sp³-hybridized carbons (Fsp3) is 0.105. The van der Waals surface area contributed by atoms with Gasteiger partial charge in [-0.3, -0.25) is 14.5 Å². The monoisotopic (exact) mass is 999 g/mol. The fourth-order valence-electron chi connectivity index (χ4n) is 9.10. The van der Waals surface area contributed by atoms with Gasteiger partial charge in [0.05, 0.1) is 11.7 Å². The third-order valence-corrected chi connectivity index (χ3v) is 14.5. The van der Waals surface area contributed by atoms with Gasteiger partial charge in [-0.15, -0.1) is 23.1 Å². The van der Waals surface area contributed by atoms with Crippen LogP contribution in [0, 0.1) is 5.82 Å². The number of fused-ring (bicyclic) bond motifs is 1. The zero-order valence-electron chi connectivity index (χ0n) is 38.8. The van der Waals surface area contributed by atoms with Gasteiger partial charge in [0.2, 0.25) is 5.60 Å². The molecule has 1 fully saturated rings. The molecular weight excluding hydrogens is 957 g/mol. The Bertz CT molecular complexity index is 3050. The van der Waals surface area contributed by atoms with E-state index in [9.17, 15) is 19.1 Å². The van der Waals surface area contributed by atoms with E-state index >= 15 is 4.79 Å². The van der Waals surface area contributed by atoms with Gasteiger partial charge in [0.25, 0.3) is 11.8 Å². The van der Waals surface area contributed by atoms with Gasteiger partial charge in [0, 0.05) is 39.5 Å². The number of carbonyl (C=O) groups excluding carboxylic acids is 3. The number of amides is 2. The van der Waals surface area contributed by atoms with E-state index in [1.165, 1.54) is 41.3 Å². The van der Waals surface area contributed by atoms with Crippen molar-refractivity contribution in [1.29, 1.82) is 0 Å². The number of aliphatic carboxylic acids is 1. The summed E-state index contributed by atoms with van der Waals surface area (Å²) in [6, 6.07) is 63.1. The van der Waals surface area contributed by atoms with E-state index in [0.717, 1.165) is 38.3 Å². The van der Waals surface area contributed by atoms with Crippen LogP contribution >= 0.6 is 23.1 Å². The van der Waals surface area contributed by atoms with E-state index < -0.39 is 46.2 Å². The van der Waals surface area contributed by atoms with Crippen LogP contribution in [0.2, 0.25) is 0 Å². The second-order valence-corrected chi connectivity index (χ2v) is 18.6. The quantitative estimate of drug-likeness (QED) is 0.0376. The number of β-lactam (4-membered cyclic amide) rings is 1. The first kappa shape index (κ1) is 49.6. The van der Waals surface area contributed by atoms with Gasteiger partial charge >= 0.3 is 29.6 Å². The molecule has 7 aromatic carbocycles. The molecule has 0 spiro atoms. The Kier molecular flexibility index (Phi) is 15.2. The molecule has 1 aromatic heterocycles. The van der Waals surface area contributed by atoms with E-state index in [-0.39, 0.29) is 70.3 Å². The Balaban J connectivity index is 0.00000640. The second kappa shape index (κ2) is 22.0. The topological polar surface area (TPSA) is 145 Å². The van der Waals surface area contributed by atoms with Crippen LogP contribution in [0.15, 0.2) is 228 Å². The molecule has 3 heterocycles. The van der Waals surface area contributed by atoms with Crippen LogP contribution in [0.4, 0.5) is 9.52 Å². The zero-order valence-corrected chi connectivity index (χ0v) is 42.4. The summed E-state index contributed by atoms with van der Waals surface area (Å²) in [7, 11) is 0. The van der Waals surface area contributed by atoms with Crippen molar-refractivity contribution in [1.82, 2.24) is 15.2 Å². The molecule has 10 rings (SSSR count). The number of ether oxygens (including phenoxy) is 1. The Hall–Kier alpha value is -7.33. The molecule has 2 N–H and O–H groups in total. The Morgan fingerprint density at radius 3 is 1.67 bits per heavy atom. The van der Waals surface area contributed by atoms with Crippen LogP contribution in [-0.2, 0) is 30.4 Å². The summed E-state index contributed by atoms with van der Waals surface area (Å²) in [6.07, 6.45) is 0. The maximum atomic E-state index is 15.1. The van der Waals surface area contributed by atoms with Crippen molar-refractivity contribution in [2.24, 2.45) is 5.16 Å². The van der Waals surface area contributed by atoms with E-state index in [4.69, 9.17) is 19.7 Å². The van der Waals surface area contributed by atoms with Crippen LogP contribution in [0.3, 0.4) is 0 Å². The van der Waals surface area contributed by atoms with E-state index in [0.29, 0.717) is 5.13 Å². The van der Waals surface area contributed by atoms with E-state index in [1.807, 2.05) is 146 Å². The van der Waals surface area contributed by atoms with Crippen LogP contribution < -0.4 is 50.0 Å². The van der Waals surface area contributed by atoms with Crippen LogP contribution in [0.25, 0.3) is 0 Å². The van der Waals surface area contributed by atoms with Crippen LogP contribution in [0.5, 0.6) is 5.75 Å². The number of thiazole rings is 1. The minimum atomic E-state index is -1.58. The SMILES string of the molecule is O=C([O-])C1=C(COc2cccc(F)c2)CS[C@H]2C(NC(=O)C(=NOC(c3ccccc3)(c3ccccc3)c3ccccc3)c3csc(NC(c4ccccc4)(c4ccccc4)c4ccccc4)n3)C(=O)N12.[Na+]. The molecule has 15 heteroatoms. The number of carbonyl (C=O) groups is 3. The molecule has 1 unspecified atom stereocenters. The van der Waals surface area contributed by atoms with Crippen molar-refractivity contribution in [3.05, 3.63) is 268 Å². The first-order valence-electron chi connectivity index (χ1n) is 22.7. The maximum absolute atomic E-state index is 15.1. The zero-order chi connectivity index (χ0) is 48.8. The largest absolute Gasteiger partial charge is 1.00 e. The summed E-state index contributed by atoms with van der Waals surface area (Å²) in [5.74, 6) is -3.24. The van der Waals surface area contributed by atoms with Gasteiger partial charge in [0.15, 0.2) is 10.8 Å². The first-order valence-corrected chi connectivity index (χ1v) is 24.6. The molecule has 2 aliphatic rings. The number of thioether (sulfide) groups is 1. The number of nitrogens with one attached hydrogen (secondary N) is 2. The summed E-state index contributed by atoms with van der Waals surface area (Å²) in [5, 5.41) is 25.4. The van der Waals surface area contributed by atoms with Crippen molar-refractivity contribution >= 4 is 51.7 Å². The minimum Gasteiger partial charge on any atom is -0.543 e. The molecule has 0 radical (unpaired) electrons. The number of anilines is 1. The molecular formula is C57H43FN5NaO6S2. The normalized spacial score (nSPS) is 15.6. The average Bonchev–Trinajstić information content (AvgIpc) is 3.89. The number of oxime groups is 1. The number of nitrogens with zero attached hydrogens (tertiary/aromatic N) is 3. The summed E-state index contributed by atoms with van der Waals surface area (Å²) in [4.78, 5) is 54.9. The molecule has 0 bridgehead atoms. The fourth-order valence-corrected chi connectivity index (χ4v) is 11.2. The van der Waals surface area contributed by atoms with Gasteiger partial charge in [-0.1, -0.05) is 193 Å². The number of aromatic nitrogens is 1. The predicted octanol–water partition coefficient (Wildman–Crippen LogP) is 5.89. The minimum absolute atomic E-state index is 0. The van der Waals surface area contributed by atoms with Crippen LogP contribution in [-0.4, -0.2) is 57.2 Å². The van der Waals surface area contributed by atoms with Gasteiger partial charge < -0.3 is 30.1 Å². The van der Waals surface area contributed by atoms with E-state index in [1.54, 1.807) is 11.4 Å². The van der Waals surface area contributed by atoms with Crippen molar-refractivity contribution in [2.75, 3.05) is 17.7 Å².